The normalized spacial score (nSPS) is 24.4. The molecule has 3 heteroatoms. The predicted octanol–water partition coefficient (Wildman–Crippen LogP) is 3.27. The summed E-state index contributed by atoms with van der Waals surface area (Å²) in [4.78, 5) is 11.7. The first-order valence-corrected chi connectivity index (χ1v) is 6.06. The number of benzene rings is 1. The first-order valence-electron chi connectivity index (χ1n) is 6.06. The lowest BCUT2D eigenvalue weighted by atomic mass is 9.75. The van der Waals surface area contributed by atoms with E-state index in [4.69, 9.17) is 4.74 Å². The highest BCUT2D eigenvalue weighted by molar-refractivity contribution is 5.73. The number of methoxy groups -OCH3 is 1. The number of hydrogen-bond acceptors (Lipinski definition) is 2. The van der Waals surface area contributed by atoms with E-state index in [1.165, 1.54) is 13.2 Å². The lowest BCUT2D eigenvalue weighted by molar-refractivity contribution is -0.147. The topological polar surface area (TPSA) is 26.3 Å². The van der Waals surface area contributed by atoms with Crippen LogP contribution in [0.4, 0.5) is 4.39 Å². The van der Waals surface area contributed by atoms with Crippen molar-refractivity contribution in [1.29, 1.82) is 0 Å². The summed E-state index contributed by atoms with van der Waals surface area (Å²) in [6.45, 7) is 0. The van der Waals surface area contributed by atoms with Crippen molar-refractivity contribution in [2.75, 3.05) is 7.11 Å². The van der Waals surface area contributed by atoms with Gasteiger partial charge in [-0.25, -0.2) is 4.39 Å². The van der Waals surface area contributed by atoms with Gasteiger partial charge >= 0.3 is 5.97 Å². The van der Waals surface area contributed by atoms with E-state index < -0.39 is 0 Å². The number of esters is 1. The lowest BCUT2D eigenvalue weighted by Gasteiger charge is -2.30. The maximum Gasteiger partial charge on any atom is 0.309 e. The average Bonchev–Trinajstić information content (AvgIpc) is 2.38. The highest BCUT2D eigenvalue weighted by atomic mass is 19.1. The molecule has 2 rings (SSSR count). The number of ether oxygens (including phenoxy) is 1. The Bertz CT molecular complexity index is 403. The van der Waals surface area contributed by atoms with Crippen molar-refractivity contribution < 1.29 is 13.9 Å². The van der Waals surface area contributed by atoms with Crippen LogP contribution < -0.4 is 0 Å². The summed E-state index contributed by atoms with van der Waals surface area (Å²) >= 11 is 0. The Morgan fingerprint density at radius 3 is 2.71 bits per heavy atom. The van der Waals surface area contributed by atoms with Gasteiger partial charge in [0, 0.05) is 5.92 Å². The van der Waals surface area contributed by atoms with Crippen LogP contribution >= 0.6 is 0 Å². The van der Waals surface area contributed by atoms with Gasteiger partial charge in [-0.1, -0.05) is 31.0 Å². The molecule has 1 aliphatic carbocycles. The highest BCUT2D eigenvalue weighted by Crippen LogP contribution is 2.39. The van der Waals surface area contributed by atoms with Crippen LogP contribution in [0.25, 0.3) is 0 Å². The Kier molecular flexibility index (Phi) is 3.77. The molecule has 1 fully saturated rings. The Morgan fingerprint density at radius 1 is 1.29 bits per heavy atom. The summed E-state index contributed by atoms with van der Waals surface area (Å²) < 4.78 is 18.6. The molecule has 0 spiro atoms. The van der Waals surface area contributed by atoms with Gasteiger partial charge in [0.25, 0.3) is 0 Å². The molecule has 1 saturated carbocycles. The third-order valence-corrected chi connectivity index (χ3v) is 3.57. The van der Waals surface area contributed by atoms with Gasteiger partial charge in [-0.15, -0.1) is 0 Å². The summed E-state index contributed by atoms with van der Waals surface area (Å²) in [6, 6.07) is 6.73. The second kappa shape index (κ2) is 5.30. The molecule has 92 valence electrons. The molecule has 17 heavy (non-hydrogen) atoms. The maximum absolute atomic E-state index is 13.8. The van der Waals surface area contributed by atoms with Crippen molar-refractivity contribution in [1.82, 2.24) is 0 Å². The summed E-state index contributed by atoms with van der Waals surface area (Å²) in [5, 5.41) is 0. The zero-order chi connectivity index (χ0) is 12.3. The highest BCUT2D eigenvalue weighted by Gasteiger charge is 2.33. The molecule has 0 aromatic heterocycles. The van der Waals surface area contributed by atoms with Crippen LogP contribution in [0.1, 0.15) is 37.2 Å². The van der Waals surface area contributed by atoms with Gasteiger partial charge in [-0.3, -0.25) is 4.79 Å². The van der Waals surface area contributed by atoms with Gasteiger partial charge in [0.05, 0.1) is 13.0 Å². The molecule has 2 nitrogen and oxygen atoms in total. The average molecular weight is 236 g/mol. The van der Waals surface area contributed by atoms with Gasteiger partial charge in [-0.05, 0) is 24.5 Å². The SMILES string of the molecule is COC(=O)C1CCCCC1c1ccccc1F. The fourth-order valence-corrected chi connectivity index (χ4v) is 2.71. The molecule has 0 amide bonds. The Hall–Kier alpha value is -1.38. The van der Waals surface area contributed by atoms with E-state index in [9.17, 15) is 9.18 Å². The van der Waals surface area contributed by atoms with E-state index in [1.54, 1.807) is 12.1 Å². The lowest BCUT2D eigenvalue weighted by Crippen LogP contribution is -2.27. The molecular formula is C14H17FO2. The third kappa shape index (κ3) is 2.48. The second-order valence-corrected chi connectivity index (χ2v) is 4.54. The van der Waals surface area contributed by atoms with Crippen LogP contribution in [0.5, 0.6) is 0 Å². The van der Waals surface area contributed by atoms with Crippen molar-refractivity contribution in [2.24, 2.45) is 5.92 Å². The van der Waals surface area contributed by atoms with E-state index in [0.29, 0.717) is 5.56 Å². The zero-order valence-corrected chi connectivity index (χ0v) is 9.99. The zero-order valence-electron chi connectivity index (χ0n) is 9.99. The van der Waals surface area contributed by atoms with Crippen LogP contribution in [-0.2, 0) is 9.53 Å². The fourth-order valence-electron chi connectivity index (χ4n) is 2.71. The predicted molar refractivity (Wildman–Crippen MR) is 63.1 cm³/mol. The standard InChI is InChI=1S/C14H17FO2/c1-17-14(16)12-8-3-2-6-10(12)11-7-4-5-9-13(11)15/h4-5,7,9-10,12H,2-3,6,8H2,1H3. The summed E-state index contributed by atoms with van der Waals surface area (Å²) in [5.74, 6) is -0.644. The van der Waals surface area contributed by atoms with Crippen molar-refractivity contribution in [3.63, 3.8) is 0 Å². The molecule has 0 radical (unpaired) electrons. The summed E-state index contributed by atoms with van der Waals surface area (Å²) in [6.07, 6.45) is 3.73. The smallest absolute Gasteiger partial charge is 0.309 e. The minimum Gasteiger partial charge on any atom is -0.469 e. The first kappa shape index (κ1) is 12.1. The second-order valence-electron chi connectivity index (χ2n) is 4.54. The Morgan fingerprint density at radius 2 is 2.00 bits per heavy atom. The molecule has 0 bridgehead atoms. The molecule has 1 aromatic rings. The van der Waals surface area contributed by atoms with Gasteiger partial charge < -0.3 is 4.74 Å². The quantitative estimate of drug-likeness (QED) is 0.737. The molecular weight excluding hydrogens is 219 g/mol. The minimum atomic E-state index is -0.215. The maximum atomic E-state index is 13.8. The number of halogens is 1. The van der Waals surface area contributed by atoms with E-state index >= 15 is 0 Å². The van der Waals surface area contributed by atoms with Gasteiger partial charge in [-0.2, -0.15) is 0 Å². The monoisotopic (exact) mass is 236 g/mol. The molecule has 0 heterocycles. The molecule has 2 atom stereocenters. The van der Waals surface area contributed by atoms with Crippen LogP contribution in [0.15, 0.2) is 24.3 Å². The minimum absolute atomic E-state index is 0.0302. The van der Waals surface area contributed by atoms with Crippen molar-refractivity contribution >= 4 is 5.97 Å². The van der Waals surface area contributed by atoms with Crippen LogP contribution in [0.3, 0.4) is 0 Å². The van der Waals surface area contributed by atoms with Crippen molar-refractivity contribution in [3.05, 3.63) is 35.6 Å². The molecule has 0 aliphatic heterocycles. The number of rotatable bonds is 2. The van der Waals surface area contributed by atoms with E-state index in [-0.39, 0.29) is 23.6 Å². The van der Waals surface area contributed by atoms with E-state index in [1.807, 2.05) is 6.07 Å². The number of carbonyl (C=O) groups is 1. The molecule has 1 aromatic carbocycles. The summed E-state index contributed by atoms with van der Waals surface area (Å²) in [5.41, 5.74) is 0.655. The number of hydrogen-bond donors (Lipinski definition) is 0. The molecule has 1 aliphatic rings. The fraction of sp³-hybridized carbons (Fsp3) is 0.500. The first-order chi connectivity index (χ1) is 8.24. The summed E-state index contributed by atoms with van der Waals surface area (Å²) in [7, 11) is 1.40. The Labute approximate surface area is 101 Å². The van der Waals surface area contributed by atoms with Crippen LogP contribution in [-0.4, -0.2) is 13.1 Å². The van der Waals surface area contributed by atoms with Crippen LogP contribution in [0.2, 0.25) is 0 Å². The van der Waals surface area contributed by atoms with Gasteiger partial charge in [0.15, 0.2) is 0 Å². The Balaban J connectivity index is 2.28. The van der Waals surface area contributed by atoms with Crippen molar-refractivity contribution in [3.8, 4) is 0 Å². The number of carbonyl (C=O) groups excluding carboxylic acids is 1. The van der Waals surface area contributed by atoms with Gasteiger partial charge in [0.2, 0.25) is 0 Å². The molecule has 0 N–H and O–H groups in total. The largest absolute Gasteiger partial charge is 0.469 e. The van der Waals surface area contributed by atoms with E-state index in [0.717, 1.165) is 25.7 Å². The van der Waals surface area contributed by atoms with Gasteiger partial charge in [0.1, 0.15) is 5.82 Å². The van der Waals surface area contributed by atoms with E-state index in [2.05, 4.69) is 0 Å². The van der Waals surface area contributed by atoms with Crippen molar-refractivity contribution in [2.45, 2.75) is 31.6 Å². The van der Waals surface area contributed by atoms with Crippen LogP contribution in [0, 0.1) is 11.7 Å². The molecule has 0 saturated heterocycles. The molecule has 2 unspecified atom stereocenters. The third-order valence-electron chi connectivity index (χ3n) is 3.57.